The van der Waals surface area contributed by atoms with Crippen LogP contribution in [0, 0.1) is 0 Å². The highest BCUT2D eigenvalue weighted by Gasteiger charge is 2.39. The Morgan fingerprint density at radius 2 is 2.00 bits per heavy atom. The summed E-state index contributed by atoms with van der Waals surface area (Å²) in [6.45, 7) is 0.920. The van der Waals surface area contributed by atoms with Crippen LogP contribution in [0.25, 0.3) is 10.8 Å². The van der Waals surface area contributed by atoms with E-state index in [-0.39, 0.29) is 6.04 Å². The number of nitrogens with one attached hydrogen (secondary N) is 1. The van der Waals surface area contributed by atoms with E-state index in [4.69, 9.17) is 0 Å². The number of hydrogen-bond donors (Lipinski definition) is 2. The molecule has 11 heteroatoms. The molecule has 1 amide bonds. The van der Waals surface area contributed by atoms with Gasteiger partial charge in [-0.2, -0.15) is 18.3 Å². The van der Waals surface area contributed by atoms with Gasteiger partial charge in [0.25, 0.3) is 12.0 Å². The molecule has 28 heavy (non-hydrogen) atoms. The first-order valence-electron chi connectivity index (χ1n) is 8.29. The second-order valence-corrected chi connectivity index (χ2v) is 7.08. The summed E-state index contributed by atoms with van der Waals surface area (Å²) in [5.74, 6) is -0.679. The zero-order valence-corrected chi connectivity index (χ0v) is 14.6. The monoisotopic (exact) mass is 405 g/mol. The van der Waals surface area contributed by atoms with Crippen LogP contribution in [-0.4, -0.2) is 32.4 Å². The number of benzene rings is 1. The fourth-order valence-electron chi connectivity index (χ4n) is 3.27. The van der Waals surface area contributed by atoms with Crippen molar-refractivity contribution >= 4 is 16.7 Å². The summed E-state index contributed by atoms with van der Waals surface area (Å²) < 4.78 is 65.8. The van der Waals surface area contributed by atoms with E-state index in [1.54, 1.807) is 6.92 Å². The molecule has 1 aliphatic carbocycles. The number of fused-ring (bicyclic) bond motifs is 1. The Labute approximate surface area is 155 Å². The van der Waals surface area contributed by atoms with Crippen LogP contribution >= 0.6 is 0 Å². The minimum Gasteiger partial charge on any atom is -0.390 e. The standard InChI is InChI=1S/C17H16F5N3O3/c1-16(28)5-9(6-16)23-12(26)7-25-15(27)10-3-2-8(17(20,21)22)4-11(10)13(24-25)14(18)19/h2-4,9,14,28H,5-7H2,1H3,(H,23,26)/t9-,16+. The number of aromatic nitrogens is 2. The molecule has 2 N–H and O–H groups in total. The van der Waals surface area contributed by atoms with Crippen molar-refractivity contribution in [1.82, 2.24) is 15.1 Å². The van der Waals surface area contributed by atoms with Crippen LogP contribution < -0.4 is 10.9 Å². The Balaban J connectivity index is 1.94. The molecule has 0 radical (unpaired) electrons. The summed E-state index contributed by atoms with van der Waals surface area (Å²) in [6, 6.07) is 1.54. The number of hydrogen-bond acceptors (Lipinski definition) is 4. The van der Waals surface area contributed by atoms with E-state index in [2.05, 4.69) is 10.4 Å². The highest BCUT2D eigenvalue weighted by Crippen LogP contribution is 2.33. The van der Waals surface area contributed by atoms with Gasteiger partial charge in [0, 0.05) is 11.4 Å². The number of carbonyl (C=O) groups excluding carboxylic acids is 1. The van der Waals surface area contributed by atoms with Crippen molar-refractivity contribution in [3.8, 4) is 0 Å². The molecule has 3 rings (SSSR count). The Bertz CT molecular complexity index is 976. The van der Waals surface area contributed by atoms with Crippen molar-refractivity contribution in [2.45, 2.75) is 50.6 Å². The van der Waals surface area contributed by atoms with Gasteiger partial charge in [0.15, 0.2) is 0 Å². The fourth-order valence-corrected chi connectivity index (χ4v) is 3.27. The number of carbonyl (C=O) groups is 1. The molecule has 0 saturated heterocycles. The third-order valence-corrected chi connectivity index (χ3v) is 4.55. The van der Waals surface area contributed by atoms with E-state index in [9.17, 15) is 36.6 Å². The normalized spacial score (nSPS) is 22.4. The predicted octanol–water partition coefficient (Wildman–Crippen LogP) is 2.38. The maximum Gasteiger partial charge on any atom is 0.416 e. The van der Waals surface area contributed by atoms with Crippen LogP contribution in [0.2, 0.25) is 0 Å². The second kappa shape index (κ2) is 6.80. The minimum atomic E-state index is -4.77. The summed E-state index contributed by atoms with van der Waals surface area (Å²) in [4.78, 5) is 24.5. The zero-order valence-electron chi connectivity index (χ0n) is 14.6. The third-order valence-electron chi connectivity index (χ3n) is 4.55. The van der Waals surface area contributed by atoms with Crippen molar-refractivity contribution < 1.29 is 31.9 Å². The van der Waals surface area contributed by atoms with E-state index in [1.165, 1.54) is 0 Å². The van der Waals surface area contributed by atoms with E-state index < -0.39 is 58.2 Å². The van der Waals surface area contributed by atoms with Crippen molar-refractivity contribution in [2.75, 3.05) is 0 Å². The van der Waals surface area contributed by atoms with E-state index in [0.717, 1.165) is 6.07 Å². The number of amides is 1. The van der Waals surface area contributed by atoms with E-state index in [0.29, 0.717) is 29.7 Å². The van der Waals surface area contributed by atoms with Gasteiger partial charge in [-0.1, -0.05) is 0 Å². The fraction of sp³-hybridized carbons (Fsp3) is 0.471. The average molecular weight is 405 g/mol. The molecule has 1 aromatic heterocycles. The quantitative estimate of drug-likeness (QED) is 0.766. The summed E-state index contributed by atoms with van der Waals surface area (Å²) in [5, 5.41) is 14.6. The van der Waals surface area contributed by atoms with Gasteiger partial charge in [-0.3, -0.25) is 9.59 Å². The van der Waals surface area contributed by atoms with Gasteiger partial charge in [-0.25, -0.2) is 13.5 Å². The minimum absolute atomic E-state index is 0.307. The molecule has 152 valence electrons. The van der Waals surface area contributed by atoms with Gasteiger partial charge in [0.2, 0.25) is 5.91 Å². The molecule has 1 fully saturated rings. The zero-order chi connectivity index (χ0) is 20.9. The smallest absolute Gasteiger partial charge is 0.390 e. The lowest BCUT2D eigenvalue weighted by Gasteiger charge is -2.41. The van der Waals surface area contributed by atoms with Crippen LogP contribution in [0.15, 0.2) is 23.0 Å². The molecule has 1 saturated carbocycles. The number of alkyl halides is 5. The van der Waals surface area contributed by atoms with Crippen molar-refractivity contribution in [3.05, 3.63) is 39.8 Å². The Morgan fingerprint density at radius 1 is 1.36 bits per heavy atom. The summed E-state index contributed by atoms with van der Waals surface area (Å²) in [5.41, 5.74) is -4.05. The molecule has 6 nitrogen and oxygen atoms in total. The van der Waals surface area contributed by atoms with Crippen LogP contribution in [-0.2, 0) is 17.5 Å². The summed E-state index contributed by atoms with van der Waals surface area (Å²) in [7, 11) is 0. The average Bonchev–Trinajstić information content (AvgIpc) is 2.54. The number of aliphatic hydroxyl groups is 1. The molecule has 1 aromatic carbocycles. The molecule has 0 unspecified atom stereocenters. The lowest BCUT2D eigenvalue weighted by Crippen LogP contribution is -2.54. The van der Waals surface area contributed by atoms with E-state index in [1.807, 2.05) is 0 Å². The summed E-state index contributed by atoms with van der Waals surface area (Å²) in [6.07, 6.45) is -7.41. The SMILES string of the molecule is C[C@]1(O)C[C@@H](NC(=O)Cn2nc(C(F)F)c3cc(C(F)(F)F)ccc3c2=O)C1. The van der Waals surface area contributed by atoms with Crippen molar-refractivity contribution in [3.63, 3.8) is 0 Å². The molecule has 0 aliphatic heterocycles. The first kappa shape index (κ1) is 20.2. The summed E-state index contributed by atoms with van der Waals surface area (Å²) >= 11 is 0. The molecular formula is C17H16F5N3O3. The van der Waals surface area contributed by atoms with Gasteiger partial charge in [-0.05, 0) is 38.0 Å². The highest BCUT2D eigenvalue weighted by atomic mass is 19.4. The largest absolute Gasteiger partial charge is 0.416 e. The van der Waals surface area contributed by atoms with Crippen molar-refractivity contribution in [2.24, 2.45) is 0 Å². The molecular weight excluding hydrogens is 389 g/mol. The number of halogens is 5. The topological polar surface area (TPSA) is 84.2 Å². The molecule has 0 spiro atoms. The molecule has 1 aliphatic rings. The second-order valence-electron chi connectivity index (χ2n) is 7.08. The first-order chi connectivity index (χ1) is 12.9. The number of nitrogens with zero attached hydrogens (tertiary/aromatic N) is 2. The Kier molecular flexibility index (Phi) is 4.90. The lowest BCUT2D eigenvalue weighted by atomic mass is 9.77. The molecule has 0 bridgehead atoms. The van der Waals surface area contributed by atoms with Gasteiger partial charge in [0.05, 0.1) is 16.6 Å². The molecule has 2 aromatic rings. The van der Waals surface area contributed by atoms with E-state index >= 15 is 0 Å². The highest BCUT2D eigenvalue weighted by molar-refractivity contribution is 5.85. The Morgan fingerprint density at radius 3 is 2.54 bits per heavy atom. The van der Waals surface area contributed by atoms with Crippen LogP contribution in [0.3, 0.4) is 0 Å². The first-order valence-corrected chi connectivity index (χ1v) is 8.29. The van der Waals surface area contributed by atoms with Gasteiger partial charge < -0.3 is 10.4 Å². The molecule has 0 atom stereocenters. The Hall–Kier alpha value is -2.56. The van der Waals surface area contributed by atoms with Gasteiger partial charge in [0.1, 0.15) is 12.2 Å². The van der Waals surface area contributed by atoms with Crippen LogP contribution in [0.4, 0.5) is 22.0 Å². The van der Waals surface area contributed by atoms with Crippen LogP contribution in [0.5, 0.6) is 0 Å². The third kappa shape index (κ3) is 3.98. The maximum atomic E-state index is 13.3. The van der Waals surface area contributed by atoms with Gasteiger partial charge >= 0.3 is 6.18 Å². The van der Waals surface area contributed by atoms with Crippen LogP contribution in [0.1, 0.15) is 37.4 Å². The maximum absolute atomic E-state index is 13.3. The molecule has 1 heterocycles. The predicted molar refractivity (Wildman–Crippen MR) is 87.8 cm³/mol. The van der Waals surface area contributed by atoms with Gasteiger partial charge in [-0.15, -0.1) is 0 Å². The lowest BCUT2D eigenvalue weighted by molar-refractivity contribution is -0.137. The van der Waals surface area contributed by atoms with Crippen molar-refractivity contribution in [1.29, 1.82) is 0 Å². The number of rotatable bonds is 4.